The molecule has 1 aliphatic rings. The molecule has 1 aliphatic heterocycles. The molecule has 23 heavy (non-hydrogen) atoms. The van der Waals surface area contributed by atoms with Gasteiger partial charge in [0.1, 0.15) is 18.5 Å². The molecule has 2 unspecified atom stereocenters. The lowest BCUT2D eigenvalue weighted by atomic mass is 9.95. The number of likely N-dealkylation sites (tertiary alicyclic amines) is 1. The molecule has 2 rings (SSSR count). The molecule has 0 bridgehead atoms. The summed E-state index contributed by atoms with van der Waals surface area (Å²) in [6.07, 6.45) is 3.25. The smallest absolute Gasteiger partial charge is 0.221 e. The molecule has 5 nitrogen and oxygen atoms in total. The molecule has 1 amide bonds. The van der Waals surface area contributed by atoms with Crippen molar-refractivity contribution >= 4 is 11.6 Å². The Morgan fingerprint density at radius 2 is 2.17 bits per heavy atom. The van der Waals surface area contributed by atoms with Crippen molar-refractivity contribution in [2.24, 2.45) is 5.92 Å². The van der Waals surface area contributed by atoms with Gasteiger partial charge in [-0.3, -0.25) is 4.79 Å². The normalized spacial score (nSPS) is 20.0. The molecule has 1 saturated heterocycles. The highest BCUT2D eigenvalue weighted by Gasteiger charge is 2.20. The first-order valence-electron chi connectivity index (χ1n) is 8.47. The van der Waals surface area contributed by atoms with Crippen LogP contribution >= 0.6 is 0 Å². The minimum absolute atomic E-state index is 0.0963. The number of benzene rings is 1. The van der Waals surface area contributed by atoms with Crippen molar-refractivity contribution in [2.45, 2.75) is 39.2 Å². The van der Waals surface area contributed by atoms with Crippen LogP contribution in [0.3, 0.4) is 0 Å². The lowest BCUT2D eigenvalue weighted by Crippen LogP contribution is -2.41. The number of aliphatic hydroxyl groups excluding tert-OH is 1. The van der Waals surface area contributed by atoms with Gasteiger partial charge in [-0.25, -0.2) is 0 Å². The Morgan fingerprint density at radius 1 is 1.43 bits per heavy atom. The Kier molecular flexibility index (Phi) is 6.86. The second-order valence-corrected chi connectivity index (χ2v) is 6.35. The number of hydrogen-bond acceptors (Lipinski definition) is 4. The fraction of sp³-hybridized carbons (Fsp3) is 0.611. The summed E-state index contributed by atoms with van der Waals surface area (Å²) in [5, 5.41) is 12.9. The highest BCUT2D eigenvalue weighted by Crippen LogP contribution is 2.19. The van der Waals surface area contributed by atoms with Crippen molar-refractivity contribution in [1.82, 2.24) is 4.90 Å². The molecule has 0 spiro atoms. The summed E-state index contributed by atoms with van der Waals surface area (Å²) >= 11 is 0. The Hall–Kier alpha value is -1.59. The number of piperidine rings is 1. The summed E-state index contributed by atoms with van der Waals surface area (Å²) in [4.78, 5) is 13.3. The first-order valence-corrected chi connectivity index (χ1v) is 8.47. The van der Waals surface area contributed by atoms with E-state index in [-0.39, 0.29) is 12.5 Å². The highest BCUT2D eigenvalue weighted by atomic mass is 16.5. The number of rotatable bonds is 7. The van der Waals surface area contributed by atoms with Crippen molar-refractivity contribution < 1.29 is 14.6 Å². The highest BCUT2D eigenvalue weighted by molar-refractivity contribution is 5.88. The number of amides is 1. The van der Waals surface area contributed by atoms with Crippen LogP contribution in [-0.4, -0.2) is 48.3 Å². The van der Waals surface area contributed by atoms with E-state index in [2.05, 4.69) is 17.1 Å². The fourth-order valence-corrected chi connectivity index (χ4v) is 3.03. The first kappa shape index (κ1) is 17.8. The van der Waals surface area contributed by atoms with E-state index < -0.39 is 6.10 Å². The predicted octanol–water partition coefficient (Wildman–Crippen LogP) is 2.51. The molecular formula is C18H28N2O3. The van der Waals surface area contributed by atoms with Crippen LogP contribution in [0, 0.1) is 5.92 Å². The van der Waals surface area contributed by atoms with Crippen molar-refractivity contribution in [3.8, 4) is 5.75 Å². The van der Waals surface area contributed by atoms with Gasteiger partial charge >= 0.3 is 0 Å². The molecule has 1 fully saturated rings. The van der Waals surface area contributed by atoms with Crippen LogP contribution in [0.1, 0.15) is 33.1 Å². The number of β-amino-alcohol motifs (C(OH)–C–C–N with tert-alkyl or cyclic N) is 1. The SMILES string of the molecule is CCC1CCCN(CC(O)COc2ccc(NC(C)=O)cc2)C1. The Labute approximate surface area is 138 Å². The Morgan fingerprint density at radius 3 is 2.83 bits per heavy atom. The maximum absolute atomic E-state index is 11.0. The van der Waals surface area contributed by atoms with E-state index in [1.54, 1.807) is 24.3 Å². The molecule has 1 heterocycles. The van der Waals surface area contributed by atoms with Crippen molar-refractivity contribution in [3.05, 3.63) is 24.3 Å². The molecule has 0 aromatic heterocycles. The van der Waals surface area contributed by atoms with Crippen molar-refractivity contribution in [2.75, 3.05) is 31.6 Å². The molecule has 1 aromatic carbocycles. The number of carbonyl (C=O) groups is 1. The Bertz CT molecular complexity index is 490. The van der Waals surface area contributed by atoms with Gasteiger partial charge in [0.05, 0.1) is 0 Å². The largest absolute Gasteiger partial charge is 0.491 e. The van der Waals surface area contributed by atoms with E-state index >= 15 is 0 Å². The van der Waals surface area contributed by atoms with Crippen molar-refractivity contribution in [1.29, 1.82) is 0 Å². The number of hydrogen-bond donors (Lipinski definition) is 2. The minimum atomic E-state index is -0.486. The predicted molar refractivity (Wildman–Crippen MR) is 91.7 cm³/mol. The first-order chi connectivity index (χ1) is 11.1. The van der Waals surface area contributed by atoms with Gasteiger partial charge in [0.15, 0.2) is 0 Å². The van der Waals surface area contributed by atoms with E-state index in [4.69, 9.17) is 4.74 Å². The molecule has 0 saturated carbocycles. The molecule has 2 N–H and O–H groups in total. The minimum Gasteiger partial charge on any atom is -0.491 e. The second kappa shape index (κ2) is 8.89. The number of aliphatic hydroxyl groups is 1. The van der Waals surface area contributed by atoms with Gasteiger partial charge in [0.25, 0.3) is 0 Å². The number of nitrogens with zero attached hydrogens (tertiary/aromatic N) is 1. The van der Waals surface area contributed by atoms with E-state index in [1.807, 2.05) is 0 Å². The summed E-state index contributed by atoms with van der Waals surface area (Å²) in [7, 11) is 0. The fourth-order valence-electron chi connectivity index (χ4n) is 3.03. The zero-order valence-corrected chi connectivity index (χ0v) is 14.1. The third-order valence-corrected chi connectivity index (χ3v) is 4.27. The zero-order valence-electron chi connectivity index (χ0n) is 14.1. The quantitative estimate of drug-likeness (QED) is 0.810. The summed E-state index contributed by atoms with van der Waals surface area (Å²) in [6.45, 7) is 6.81. The van der Waals surface area contributed by atoms with Crippen LogP contribution in [0.2, 0.25) is 0 Å². The lowest BCUT2D eigenvalue weighted by molar-refractivity contribution is -0.114. The van der Waals surface area contributed by atoms with Crippen LogP contribution in [0.15, 0.2) is 24.3 Å². The molecule has 0 aliphatic carbocycles. The van der Waals surface area contributed by atoms with Crippen LogP contribution in [-0.2, 0) is 4.79 Å². The van der Waals surface area contributed by atoms with E-state index in [1.165, 1.54) is 26.2 Å². The summed E-state index contributed by atoms with van der Waals surface area (Å²) in [6, 6.07) is 7.18. The van der Waals surface area contributed by atoms with Crippen LogP contribution in [0.25, 0.3) is 0 Å². The average Bonchev–Trinajstić information content (AvgIpc) is 2.54. The van der Waals surface area contributed by atoms with Crippen LogP contribution in [0.5, 0.6) is 5.75 Å². The topological polar surface area (TPSA) is 61.8 Å². The molecule has 1 aromatic rings. The number of carbonyl (C=O) groups excluding carboxylic acids is 1. The van der Waals surface area contributed by atoms with Crippen LogP contribution < -0.4 is 10.1 Å². The maximum Gasteiger partial charge on any atom is 0.221 e. The van der Waals surface area contributed by atoms with E-state index in [9.17, 15) is 9.90 Å². The Balaban J connectivity index is 1.73. The molecule has 0 radical (unpaired) electrons. The summed E-state index contributed by atoms with van der Waals surface area (Å²) in [5.41, 5.74) is 0.740. The third-order valence-electron chi connectivity index (χ3n) is 4.27. The number of anilines is 1. The van der Waals surface area contributed by atoms with Gasteiger partial charge in [-0.1, -0.05) is 13.3 Å². The molecular weight excluding hydrogens is 292 g/mol. The summed E-state index contributed by atoms with van der Waals surface area (Å²) in [5.74, 6) is 1.36. The second-order valence-electron chi connectivity index (χ2n) is 6.35. The monoisotopic (exact) mass is 320 g/mol. The zero-order chi connectivity index (χ0) is 16.7. The van der Waals surface area contributed by atoms with E-state index in [0.717, 1.165) is 24.7 Å². The van der Waals surface area contributed by atoms with Crippen molar-refractivity contribution in [3.63, 3.8) is 0 Å². The van der Waals surface area contributed by atoms with Gasteiger partial charge in [-0.05, 0) is 49.6 Å². The standard InChI is InChI=1S/C18H28N2O3/c1-3-15-5-4-10-20(11-15)12-17(22)13-23-18-8-6-16(7-9-18)19-14(2)21/h6-9,15,17,22H,3-5,10-13H2,1-2H3,(H,19,21). The molecule has 2 atom stereocenters. The number of ether oxygens (including phenoxy) is 1. The lowest BCUT2D eigenvalue weighted by Gasteiger charge is -2.33. The molecule has 5 heteroatoms. The van der Waals surface area contributed by atoms with Gasteiger partial charge in [-0.2, -0.15) is 0 Å². The average molecular weight is 320 g/mol. The number of nitrogens with one attached hydrogen (secondary N) is 1. The van der Waals surface area contributed by atoms with Gasteiger partial charge < -0.3 is 20.1 Å². The van der Waals surface area contributed by atoms with Gasteiger partial charge in [-0.15, -0.1) is 0 Å². The summed E-state index contributed by atoms with van der Waals surface area (Å²) < 4.78 is 5.63. The van der Waals surface area contributed by atoms with Gasteiger partial charge in [0, 0.05) is 25.7 Å². The third kappa shape index (κ3) is 6.20. The molecule has 128 valence electrons. The maximum atomic E-state index is 11.0. The van der Waals surface area contributed by atoms with Gasteiger partial charge in [0.2, 0.25) is 5.91 Å². The van der Waals surface area contributed by atoms with E-state index in [0.29, 0.717) is 12.3 Å². The van der Waals surface area contributed by atoms with Crippen LogP contribution in [0.4, 0.5) is 5.69 Å².